The summed E-state index contributed by atoms with van der Waals surface area (Å²) >= 11 is 4.89. The zero-order chi connectivity index (χ0) is 17.0. The summed E-state index contributed by atoms with van der Waals surface area (Å²) in [5.74, 6) is 0.123. The Labute approximate surface area is 146 Å². The number of hydrogen-bond acceptors (Lipinski definition) is 7. The fourth-order valence-electron chi connectivity index (χ4n) is 4.48. The van der Waals surface area contributed by atoms with Crippen LogP contribution in [-0.4, -0.2) is 47.4 Å². The quantitative estimate of drug-likeness (QED) is 0.466. The number of aliphatic hydroxyl groups excluding tert-OH is 1. The van der Waals surface area contributed by atoms with Crippen LogP contribution < -0.4 is 0 Å². The van der Waals surface area contributed by atoms with Crippen LogP contribution in [0.5, 0.6) is 0 Å². The van der Waals surface area contributed by atoms with E-state index in [0.29, 0.717) is 13.2 Å². The minimum absolute atomic E-state index is 0.0126. The summed E-state index contributed by atoms with van der Waals surface area (Å²) in [7, 11) is 0. The largest absolute Gasteiger partial charge is 0.438 e. The van der Waals surface area contributed by atoms with Crippen molar-refractivity contribution < 1.29 is 19.4 Å². The molecule has 1 saturated heterocycles. The van der Waals surface area contributed by atoms with Gasteiger partial charge in [0.25, 0.3) is 0 Å². The van der Waals surface area contributed by atoms with Crippen molar-refractivity contribution in [2.24, 2.45) is 27.1 Å². The standard InChI is InChI=1S/C16H23N3O4S/c20-10-17-16(11-4-2-1-3-5-11,12-6-8-22-9-7-12)13(21)14-18-19-15(24)23-14/h11-14,21H,1-9H2. The molecule has 2 aliphatic heterocycles. The highest BCUT2D eigenvalue weighted by atomic mass is 32.1. The van der Waals surface area contributed by atoms with Gasteiger partial charge in [0.2, 0.25) is 12.3 Å². The Balaban J connectivity index is 1.97. The van der Waals surface area contributed by atoms with Crippen molar-refractivity contribution in [3.8, 4) is 0 Å². The molecule has 0 bridgehead atoms. The fourth-order valence-corrected chi connectivity index (χ4v) is 4.63. The maximum atomic E-state index is 11.3. The summed E-state index contributed by atoms with van der Waals surface area (Å²) in [5, 5.41) is 18.8. The molecule has 0 spiro atoms. The van der Waals surface area contributed by atoms with Crippen LogP contribution in [0.25, 0.3) is 0 Å². The Morgan fingerprint density at radius 3 is 2.46 bits per heavy atom. The molecule has 0 aromatic heterocycles. The van der Waals surface area contributed by atoms with Crippen molar-refractivity contribution in [2.75, 3.05) is 13.2 Å². The van der Waals surface area contributed by atoms with E-state index in [2.05, 4.69) is 15.2 Å². The number of carbonyl (C=O) groups excluding carboxylic acids is 1. The topological polar surface area (TPSA) is 92.8 Å². The van der Waals surface area contributed by atoms with Gasteiger partial charge in [-0.1, -0.05) is 19.3 Å². The predicted molar refractivity (Wildman–Crippen MR) is 89.3 cm³/mol. The van der Waals surface area contributed by atoms with Crippen molar-refractivity contribution >= 4 is 23.5 Å². The number of ether oxygens (including phenoxy) is 2. The first kappa shape index (κ1) is 17.6. The number of thiocarbonyl (C=S) groups is 1. The molecule has 0 aromatic carbocycles. The van der Waals surface area contributed by atoms with Crippen LogP contribution in [0.2, 0.25) is 0 Å². The maximum Gasteiger partial charge on any atom is 0.304 e. The monoisotopic (exact) mass is 353 g/mol. The molecular formula is C16H23N3O4S. The lowest BCUT2D eigenvalue weighted by Crippen LogP contribution is -2.58. The Morgan fingerprint density at radius 2 is 1.88 bits per heavy atom. The highest BCUT2D eigenvalue weighted by molar-refractivity contribution is 7.80. The molecule has 0 amide bonds. The number of rotatable bonds is 5. The minimum atomic E-state index is -1.07. The van der Waals surface area contributed by atoms with E-state index in [0.717, 1.165) is 38.5 Å². The van der Waals surface area contributed by atoms with Gasteiger partial charge >= 0.3 is 5.17 Å². The molecule has 3 atom stereocenters. The molecule has 132 valence electrons. The molecule has 8 heteroatoms. The summed E-state index contributed by atoms with van der Waals surface area (Å²) in [5.41, 5.74) is -0.963. The van der Waals surface area contributed by atoms with Crippen LogP contribution >= 0.6 is 12.2 Å². The second-order valence-corrected chi connectivity index (χ2v) is 7.10. The average molecular weight is 353 g/mol. The molecule has 1 saturated carbocycles. The van der Waals surface area contributed by atoms with Crippen LogP contribution in [-0.2, 0) is 14.3 Å². The number of hydrogen-bond donors (Lipinski definition) is 1. The molecule has 3 unspecified atom stereocenters. The van der Waals surface area contributed by atoms with Gasteiger partial charge in [-0.25, -0.2) is 4.79 Å². The van der Waals surface area contributed by atoms with Crippen molar-refractivity contribution in [1.82, 2.24) is 0 Å². The van der Waals surface area contributed by atoms with E-state index in [1.165, 1.54) is 6.42 Å². The van der Waals surface area contributed by atoms with E-state index in [1.807, 2.05) is 0 Å². The highest BCUT2D eigenvalue weighted by Crippen LogP contribution is 2.47. The van der Waals surface area contributed by atoms with E-state index >= 15 is 0 Å². The molecule has 7 nitrogen and oxygen atoms in total. The first-order valence-electron chi connectivity index (χ1n) is 8.64. The summed E-state index contributed by atoms with van der Waals surface area (Å²) in [6, 6.07) is 0. The van der Waals surface area contributed by atoms with Crippen LogP contribution in [0.1, 0.15) is 44.9 Å². The summed E-state index contributed by atoms with van der Waals surface area (Å²) in [4.78, 5) is 15.6. The Kier molecular flexibility index (Phi) is 5.71. The van der Waals surface area contributed by atoms with Gasteiger partial charge < -0.3 is 14.6 Å². The minimum Gasteiger partial charge on any atom is -0.438 e. The Morgan fingerprint density at radius 1 is 1.21 bits per heavy atom. The normalized spacial score (nSPS) is 29.5. The molecule has 2 fully saturated rings. The van der Waals surface area contributed by atoms with Gasteiger partial charge in [0.1, 0.15) is 11.6 Å². The van der Waals surface area contributed by atoms with Gasteiger partial charge in [-0.2, -0.15) is 4.99 Å². The molecule has 24 heavy (non-hydrogen) atoms. The number of aliphatic imine (C=N–C) groups is 1. The number of isocyanates is 1. The first-order chi connectivity index (χ1) is 11.7. The molecule has 0 aromatic rings. The number of nitrogens with zero attached hydrogens (tertiary/aromatic N) is 3. The summed E-state index contributed by atoms with van der Waals surface area (Å²) in [6.45, 7) is 1.21. The van der Waals surface area contributed by atoms with Crippen LogP contribution in [0.4, 0.5) is 0 Å². The molecule has 1 N–H and O–H groups in total. The van der Waals surface area contributed by atoms with Crippen molar-refractivity contribution in [2.45, 2.75) is 62.8 Å². The van der Waals surface area contributed by atoms with E-state index in [9.17, 15) is 9.90 Å². The van der Waals surface area contributed by atoms with Gasteiger partial charge in [0.15, 0.2) is 0 Å². The smallest absolute Gasteiger partial charge is 0.304 e. The molecule has 0 radical (unpaired) electrons. The molecule has 2 heterocycles. The van der Waals surface area contributed by atoms with Crippen LogP contribution in [0, 0.1) is 11.8 Å². The third-order valence-electron chi connectivity index (χ3n) is 5.59. The zero-order valence-electron chi connectivity index (χ0n) is 13.6. The van der Waals surface area contributed by atoms with E-state index < -0.39 is 17.9 Å². The molecule has 1 aliphatic carbocycles. The van der Waals surface area contributed by atoms with Gasteiger partial charge in [0, 0.05) is 13.2 Å². The SMILES string of the molecule is O=C=NC(C1CCCCC1)(C1CCOCC1)C(O)C1N=NC(=S)O1. The molecule has 3 rings (SSSR count). The lowest BCUT2D eigenvalue weighted by molar-refractivity contribution is -0.0841. The second kappa shape index (κ2) is 7.78. The Bertz CT molecular complexity index is 519. The summed E-state index contributed by atoms with van der Waals surface area (Å²) in [6.07, 6.45) is 6.40. The van der Waals surface area contributed by atoms with Crippen molar-refractivity contribution in [1.29, 1.82) is 0 Å². The average Bonchev–Trinajstić information content (AvgIpc) is 3.07. The second-order valence-electron chi connectivity index (χ2n) is 6.75. The molecular weight excluding hydrogens is 330 g/mol. The van der Waals surface area contributed by atoms with Gasteiger partial charge in [-0.05, 0) is 49.7 Å². The lowest BCUT2D eigenvalue weighted by atomic mass is 9.63. The van der Waals surface area contributed by atoms with E-state index in [4.69, 9.17) is 21.7 Å². The highest BCUT2D eigenvalue weighted by Gasteiger charge is 2.55. The Hall–Kier alpha value is -1.21. The van der Waals surface area contributed by atoms with E-state index in [1.54, 1.807) is 6.08 Å². The first-order valence-corrected chi connectivity index (χ1v) is 9.05. The predicted octanol–water partition coefficient (Wildman–Crippen LogP) is 2.52. The fraction of sp³-hybridized carbons (Fsp3) is 0.875. The third-order valence-corrected chi connectivity index (χ3v) is 5.77. The molecule has 3 aliphatic rings. The van der Waals surface area contributed by atoms with Crippen molar-refractivity contribution in [3.05, 3.63) is 0 Å². The van der Waals surface area contributed by atoms with Gasteiger partial charge in [-0.3, -0.25) is 0 Å². The van der Waals surface area contributed by atoms with E-state index in [-0.39, 0.29) is 17.0 Å². The van der Waals surface area contributed by atoms with Gasteiger partial charge in [-0.15, -0.1) is 10.2 Å². The van der Waals surface area contributed by atoms with Crippen molar-refractivity contribution in [3.63, 3.8) is 0 Å². The van der Waals surface area contributed by atoms with Gasteiger partial charge in [0.05, 0.1) is 0 Å². The zero-order valence-corrected chi connectivity index (χ0v) is 14.4. The number of azo groups is 1. The maximum absolute atomic E-state index is 11.3. The number of aliphatic hydroxyl groups is 1. The summed E-state index contributed by atoms with van der Waals surface area (Å²) < 4.78 is 10.9. The lowest BCUT2D eigenvalue weighted by Gasteiger charge is -2.48. The van der Waals surface area contributed by atoms with Crippen LogP contribution in [0.3, 0.4) is 0 Å². The third kappa shape index (κ3) is 3.28. The van der Waals surface area contributed by atoms with Crippen LogP contribution in [0.15, 0.2) is 15.2 Å².